The molecule has 1 aromatic carbocycles. The Labute approximate surface area is 185 Å². The Morgan fingerprint density at radius 2 is 1.94 bits per heavy atom. The second-order valence-corrected chi connectivity index (χ2v) is 7.47. The van der Waals surface area contributed by atoms with Gasteiger partial charge in [-0.25, -0.2) is 13.8 Å². The first-order valence-corrected chi connectivity index (χ1v) is 10.1. The van der Waals surface area contributed by atoms with E-state index >= 15 is 0 Å². The molecule has 0 aliphatic heterocycles. The maximum absolute atomic E-state index is 13.2. The Hall–Kier alpha value is -4.35. The summed E-state index contributed by atoms with van der Waals surface area (Å²) in [4.78, 5) is 29.9. The summed E-state index contributed by atoms with van der Waals surface area (Å²) < 4.78 is 29.0. The van der Waals surface area contributed by atoms with Crippen molar-refractivity contribution in [1.29, 1.82) is 0 Å². The average molecular weight is 452 g/mol. The predicted octanol–water partition coefficient (Wildman–Crippen LogP) is 2.04. The Bertz CT molecular complexity index is 1420. The molecule has 1 amide bonds. The molecule has 3 heterocycles. The van der Waals surface area contributed by atoms with Gasteiger partial charge in [0.25, 0.3) is 11.5 Å². The third-order valence-electron chi connectivity index (χ3n) is 5.18. The van der Waals surface area contributed by atoms with Gasteiger partial charge in [-0.15, -0.1) is 0 Å². The summed E-state index contributed by atoms with van der Waals surface area (Å²) in [6.07, 6.45) is 2.02. The first kappa shape index (κ1) is 20.5. The standard InChI is InChI=1S/C21H18F2N8O2/c1-24-18-9-17(29-19-13(10-26-31(18)19)20(32)28-16-8-14(16)23)27-15-6-7-25-30(21(15)33)12-4-2-11(22)3-5-12/h2-7,9-10,14,16,24H,8H2,1H3,(H,27,29)(H,28,32)/t14-,16+/m1/s1. The number of nitrogens with one attached hydrogen (secondary N) is 3. The molecule has 33 heavy (non-hydrogen) atoms. The lowest BCUT2D eigenvalue weighted by Gasteiger charge is -2.11. The van der Waals surface area contributed by atoms with Gasteiger partial charge in [0, 0.05) is 19.5 Å². The minimum absolute atomic E-state index is 0.164. The van der Waals surface area contributed by atoms with Crippen LogP contribution in [-0.4, -0.2) is 49.5 Å². The van der Waals surface area contributed by atoms with E-state index < -0.39 is 29.5 Å². The van der Waals surface area contributed by atoms with E-state index in [0.29, 0.717) is 11.5 Å². The molecule has 0 bridgehead atoms. The van der Waals surface area contributed by atoms with Crippen molar-refractivity contribution in [3.8, 4) is 5.69 Å². The molecular formula is C21H18F2N8O2. The van der Waals surface area contributed by atoms with Crippen LogP contribution in [0.5, 0.6) is 0 Å². The summed E-state index contributed by atoms with van der Waals surface area (Å²) in [5.41, 5.74) is 0.479. The van der Waals surface area contributed by atoms with Crippen molar-refractivity contribution >= 4 is 28.9 Å². The molecule has 4 aromatic rings. The van der Waals surface area contributed by atoms with Gasteiger partial charge in [-0.2, -0.15) is 19.4 Å². The van der Waals surface area contributed by atoms with E-state index in [1.165, 1.54) is 47.2 Å². The van der Waals surface area contributed by atoms with Gasteiger partial charge in [0.1, 0.15) is 34.9 Å². The van der Waals surface area contributed by atoms with Crippen LogP contribution in [0.2, 0.25) is 0 Å². The van der Waals surface area contributed by atoms with Crippen molar-refractivity contribution in [3.63, 3.8) is 0 Å². The molecular weight excluding hydrogens is 434 g/mol. The van der Waals surface area contributed by atoms with Crippen LogP contribution in [0.1, 0.15) is 16.8 Å². The number of amides is 1. The van der Waals surface area contributed by atoms with E-state index in [0.717, 1.165) is 4.68 Å². The van der Waals surface area contributed by atoms with Gasteiger partial charge in [0.15, 0.2) is 5.65 Å². The molecule has 1 fully saturated rings. The zero-order chi connectivity index (χ0) is 23.1. The Morgan fingerprint density at radius 3 is 2.64 bits per heavy atom. The summed E-state index contributed by atoms with van der Waals surface area (Å²) in [5.74, 6) is -0.138. The number of benzene rings is 1. The summed E-state index contributed by atoms with van der Waals surface area (Å²) >= 11 is 0. The molecule has 0 saturated heterocycles. The number of fused-ring (bicyclic) bond motifs is 1. The second-order valence-electron chi connectivity index (χ2n) is 7.47. The van der Waals surface area contributed by atoms with Gasteiger partial charge in [0.2, 0.25) is 0 Å². The number of anilines is 3. The summed E-state index contributed by atoms with van der Waals surface area (Å²) in [6.45, 7) is 0. The van der Waals surface area contributed by atoms with Gasteiger partial charge in [0.05, 0.1) is 24.1 Å². The van der Waals surface area contributed by atoms with E-state index in [-0.39, 0.29) is 29.1 Å². The molecule has 1 aliphatic rings. The number of hydrogen-bond acceptors (Lipinski definition) is 7. The molecule has 3 N–H and O–H groups in total. The summed E-state index contributed by atoms with van der Waals surface area (Å²) in [6, 6.07) is 7.94. The number of carbonyl (C=O) groups is 1. The highest BCUT2D eigenvalue weighted by Gasteiger charge is 2.39. The fourth-order valence-electron chi connectivity index (χ4n) is 3.34. The number of hydrogen-bond donors (Lipinski definition) is 3. The third-order valence-corrected chi connectivity index (χ3v) is 5.18. The Kier molecular flexibility index (Phi) is 4.96. The maximum Gasteiger partial charge on any atom is 0.295 e. The predicted molar refractivity (Wildman–Crippen MR) is 116 cm³/mol. The van der Waals surface area contributed by atoms with Crippen LogP contribution in [0.15, 0.2) is 53.6 Å². The van der Waals surface area contributed by atoms with Crippen LogP contribution >= 0.6 is 0 Å². The lowest BCUT2D eigenvalue weighted by atomic mass is 10.3. The molecule has 0 unspecified atom stereocenters. The van der Waals surface area contributed by atoms with Crippen molar-refractivity contribution in [2.24, 2.45) is 0 Å². The van der Waals surface area contributed by atoms with E-state index in [1.807, 2.05) is 0 Å². The molecule has 3 aromatic heterocycles. The minimum Gasteiger partial charge on any atom is -0.373 e. The fourth-order valence-corrected chi connectivity index (χ4v) is 3.34. The summed E-state index contributed by atoms with van der Waals surface area (Å²) in [7, 11) is 1.67. The number of carbonyl (C=O) groups excluding carboxylic acids is 1. The Morgan fingerprint density at radius 1 is 1.18 bits per heavy atom. The van der Waals surface area contributed by atoms with Crippen molar-refractivity contribution in [2.75, 3.05) is 17.7 Å². The van der Waals surface area contributed by atoms with E-state index in [4.69, 9.17) is 0 Å². The molecule has 12 heteroatoms. The maximum atomic E-state index is 13.2. The molecule has 1 saturated carbocycles. The zero-order valence-electron chi connectivity index (χ0n) is 17.3. The van der Waals surface area contributed by atoms with Crippen LogP contribution < -0.4 is 21.5 Å². The van der Waals surface area contributed by atoms with Crippen molar-refractivity contribution in [3.05, 3.63) is 70.5 Å². The van der Waals surface area contributed by atoms with Gasteiger partial charge in [-0.05, 0) is 30.3 Å². The fraction of sp³-hybridized carbons (Fsp3) is 0.190. The molecule has 168 valence electrons. The number of nitrogens with zero attached hydrogens (tertiary/aromatic N) is 5. The van der Waals surface area contributed by atoms with Crippen molar-refractivity contribution in [2.45, 2.75) is 18.6 Å². The van der Waals surface area contributed by atoms with Crippen molar-refractivity contribution < 1.29 is 13.6 Å². The highest BCUT2D eigenvalue weighted by molar-refractivity contribution is 6.00. The number of halogens is 2. The van der Waals surface area contributed by atoms with E-state index in [1.54, 1.807) is 13.1 Å². The molecule has 5 rings (SSSR count). The van der Waals surface area contributed by atoms with Crippen LogP contribution in [0.4, 0.5) is 26.1 Å². The molecule has 0 radical (unpaired) electrons. The van der Waals surface area contributed by atoms with E-state index in [2.05, 4.69) is 31.1 Å². The highest BCUT2D eigenvalue weighted by Crippen LogP contribution is 2.26. The monoisotopic (exact) mass is 452 g/mol. The van der Waals surface area contributed by atoms with Crippen LogP contribution in [0, 0.1) is 5.82 Å². The van der Waals surface area contributed by atoms with Gasteiger partial charge in [-0.1, -0.05) is 0 Å². The molecule has 0 spiro atoms. The minimum atomic E-state index is -1.04. The first-order valence-electron chi connectivity index (χ1n) is 10.1. The lowest BCUT2D eigenvalue weighted by Crippen LogP contribution is -2.27. The molecule has 2 atom stereocenters. The second kappa shape index (κ2) is 7.97. The van der Waals surface area contributed by atoms with Gasteiger partial charge in [-0.3, -0.25) is 9.59 Å². The van der Waals surface area contributed by atoms with E-state index in [9.17, 15) is 18.4 Å². The van der Waals surface area contributed by atoms with Crippen LogP contribution in [0.3, 0.4) is 0 Å². The molecule has 10 nitrogen and oxygen atoms in total. The Balaban J connectivity index is 1.51. The quantitative estimate of drug-likeness (QED) is 0.410. The zero-order valence-corrected chi connectivity index (χ0v) is 17.3. The van der Waals surface area contributed by atoms with Crippen LogP contribution in [0.25, 0.3) is 11.3 Å². The lowest BCUT2D eigenvalue weighted by molar-refractivity contribution is 0.0949. The van der Waals surface area contributed by atoms with Gasteiger partial charge < -0.3 is 16.0 Å². The summed E-state index contributed by atoms with van der Waals surface area (Å²) in [5, 5.41) is 16.7. The number of rotatable bonds is 6. The smallest absolute Gasteiger partial charge is 0.295 e. The normalized spacial score (nSPS) is 17.1. The van der Waals surface area contributed by atoms with Gasteiger partial charge >= 0.3 is 0 Å². The third kappa shape index (κ3) is 3.86. The highest BCUT2D eigenvalue weighted by atomic mass is 19.1. The topological polar surface area (TPSA) is 118 Å². The average Bonchev–Trinajstić information content (AvgIpc) is 3.32. The van der Waals surface area contributed by atoms with Crippen molar-refractivity contribution in [1.82, 2.24) is 29.7 Å². The largest absolute Gasteiger partial charge is 0.373 e. The number of alkyl halides is 1. The first-order chi connectivity index (χ1) is 15.9. The number of aromatic nitrogens is 5. The SMILES string of the molecule is CNc1cc(Nc2ccnn(-c3ccc(F)cc3)c2=O)nc2c(C(=O)N[C@H]3C[C@H]3F)cnn12. The molecule has 1 aliphatic carbocycles. The van der Waals surface area contributed by atoms with Crippen LogP contribution in [-0.2, 0) is 0 Å².